The van der Waals surface area contributed by atoms with E-state index in [1.54, 1.807) is 19.9 Å². The van der Waals surface area contributed by atoms with E-state index in [9.17, 15) is 9.90 Å². The summed E-state index contributed by atoms with van der Waals surface area (Å²) < 4.78 is 0. The molecule has 1 aromatic heterocycles. The summed E-state index contributed by atoms with van der Waals surface area (Å²) >= 11 is 0. The maximum atomic E-state index is 11.5. The highest BCUT2D eigenvalue weighted by molar-refractivity contribution is 5.92. The molecule has 0 saturated heterocycles. The Bertz CT molecular complexity index is 366. The van der Waals surface area contributed by atoms with E-state index in [0.717, 1.165) is 5.69 Å². The number of pyridine rings is 1. The maximum Gasteiger partial charge on any atom is 0.229 e. The molecule has 15 heavy (non-hydrogen) atoms. The Morgan fingerprint density at radius 3 is 2.93 bits per heavy atom. The number of hydrogen-bond donors (Lipinski definition) is 3. The van der Waals surface area contributed by atoms with Crippen LogP contribution in [0.4, 0.5) is 5.82 Å². The van der Waals surface area contributed by atoms with Gasteiger partial charge in [-0.1, -0.05) is 6.92 Å². The van der Waals surface area contributed by atoms with E-state index in [-0.39, 0.29) is 29.9 Å². The van der Waals surface area contributed by atoms with Crippen molar-refractivity contribution < 1.29 is 9.90 Å². The fraction of sp³-hybridized carbons (Fsp3) is 0.400. The molecule has 1 amide bonds. The number of aromatic nitrogens is 1. The van der Waals surface area contributed by atoms with Gasteiger partial charge in [-0.3, -0.25) is 4.79 Å². The number of carbonyl (C=O) groups excluding carboxylic acids is 1. The molecule has 0 aromatic carbocycles. The molecule has 82 valence electrons. The van der Waals surface area contributed by atoms with Crippen molar-refractivity contribution in [3.05, 3.63) is 17.8 Å². The topological polar surface area (TPSA) is 88.2 Å². The normalized spacial score (nSPS) is 12.2. The predicted molar refractivity (Wildman–Crippen MR) is 57.5 cm³/mol. The Kier molecular flexibility index (Phi) is 3.62. The van der Waals surface area contributed by atoms with Gasteiger partial charge < -0.3 is 16.2 Å². The highest BCUT2D eigenvalue weighted by atomic mass is 16.3. The maximum absolute atomic E-state index is 11.5. The lowest BCUT2D eigenvalue weighted by Crippen LogP contribution is -2.27. The van der Waals surface area contributed by atoms with Gasteiger partial charge in [-0.15, -0.1) is 0 Å². The first-order valence-corrected chi connectivity index (χ1v) is 4.72. The number of aryl methyl sites for hydroxylation is 1. The summed E-state index contributed by atoms with van der Waals surface area (Å²) in [5.74, 6) is -0.406. The summed E-state index contributed by atoms with van der Waals surface area (Å²) in [6, 6.07) is 3.16. The van der Waals surface area contributed by atoms with Crippen LogP contribution in [0, 0.1) is 12.8 Å². The number of nitrogens with two attached hydrogens (primary N) is 1. The predicted octanol–water partition coefficient (Wildman–Crippen LogP) is 0.629. The molecule has 5 heteroatoms. The van der Waals surface area contributed by atoms with E-state index >= 15 is 0 Å². The molecule has 0 saturated carbocycles. The second kappa shape index (κ2) is 4.75. The van der Waals surface area contributed by atoms with E-state index in [1.165, 1.54) is 6.07 Å². The average Bonchev–Trinajstić information content (AvgIpc) is 2.22. The molecular weight excluding hydrogens is 194 g/mol. The van der Waals surface area contributed by atoms with Crippen LogP contribution in [0.1, 0.15) is 12.6 Å². The molecule has 0 aliphatic heterocycles. The van der Waals surface area contributed by atoms with E-state index in [2.05, 4.69) is 10.3 Å². The van der Waals surface area contributed by atoms with Gasteiger partial charge in [0.2, 0.25) is 5.91 Å². The third-order valence-corrected chi connectivity index (χ3v) is 2.06. The van der Waals surface area contributed by atoms with Gasteiger partial charge in [0.05, 0.1) is 0 Å². The smallest absolute Gasteiger partial charge is 0.229 e. The molecule has 1 heterocycles. The Hall–Kier alpha value is -1.62. The zero-order chi connectivity index (χ0) is 11.4. The van der Waals surface area contributed by atoms with E-state index in [4.69, 9.17) is 5.73 Å². The molecule has 0 spiro atoms. The minimum absolute atomic E-state index is 0.0434. The summed E-state index contributed by atoms with van der Waals surface area (Å²) in [4.78, 5) is 15.5. The number of rotatable bonds is 3. The van der Waals surface area contributed by atoms with Crippen molar-refractivity contribution in [2.45, 2.75) is 13.8 Å². The van der Waals surface area contributed by atoms with Gasteiger partial charge in [0, 0.05) is 18.2 Å². The molecule has 0 radical (unpaired) electrons. The summed E-state index contributed by atoms with van der Waals surface area (Å²) in [5, 5.41) is 12.0. The lowest BCUT2D eigenvalue weighted by atomic mass is 10.2. The van der Waals surface area contributed by atoms with E-state index in [1.807, 2.05) is 0 Å². The summed E-state index contributed by atoms with van der Waals surface area (Å²) in [5.41, 5.74) is 6.08. The van der Waals surface area contributed by atoms with Crippen molar-refractivity contribution in [1.82, 2.24) is 4.98 Å². The SMILES string of the molecule is Cc1ccc(O)c(NC(=O)C(C)CN)n1. The van der Waals surface area contributed by atoms with Gasteiger partial charge >= 0.3 is 0 Å². The minimum Gasteiger partial charge on any atom is -0.504 e. The Labute approximate surface area is 88.3 Å². The molecule has 1 aromatic rings. The molecule has 1 rings (SSSR count). The van der Waals surface area contributed by atoms with Gasteiger partial charge in [0.15, 0.2) is 11.6 Å². The molecular formula is C10H15N3O2. The van der Waals surface area contributed by atoms with Gasteiger partial charge in [-0.25, -0.2) is 4.98 Å². The molecule has 0 fully saturated rings. The number of anilines is 1. The first-order valence-electron chi connectivity index (χ1n) is 4.72. The largest absolute Gasteiger partial charge is 0.504 e. The second-order valence-electron chi connectivity index (χ2n) is 3.45. The van der Waals surface area contributed by atoms with Crippen LogP contribution in [0.3, 0.4) is 0 Å². The summed E-state index contributed by atoms with van der Waals surface area (Å²) in [6.45, 7) is 3.75. The van der Waals surface area contributed by atoms with E-state index < -0.39 is 0 Å². The van der Waals surface area contributed by atoms with E-state index in [0.29, 0.717) is 0 Å². The van der Waals surface area contributed by atoms with Gasteiger partial charge in [-0.2, -0.15) is 0 Å². The van der Waals surface area contributed by atoms with Crippen LogP contribution in [0.25, 0.3) is 0 Å². The minimum atomic E-state index is -0.299. The Morgan fingerprint density at radius 2 is 2.33 bits per heavy atom. The molecule has 1 atom stereocenters. The highest BCUT2D eigenvalue weighted by Gasteiger charge is 2.13. The third-order valence-electron chi connectivity index (χ3n) is 2.06. The number of nitrogens with zero attached hydrogens (tertiary/aromatic N) is 1. The van der Waals surface area contributed by atoms with Crippen molar-refractivity contribution in [3.8, 4) is 5.75 Å². The molecule has 0 bridgehead atoms. The van der Waals surface area contributed by atoms with Crippen LogP contribution >= 0.6 is 0 Å². The molecule has 1 unspecified atom stereocenters. The van der Waals surface area contributed by atoms with Crippen LogP contribution in [-0.2, 0) is 4.79 Å². The molecule has 4 N–H and O–H groups in total. The van der Waals surface area contributed by atoms with Gasteiger partial charge in [0.1, 0.15) is 0 Å². The van der Waals surface area contributed by atoms with Crippen molar-refractivity contribution in [2.24, 2.45) is 11.7 Å². The van der Waals surface area contributed by atoms with Crippen molar-refractivity contribution >= 4 is 11.7 Å². The molecule has 0 aliphatic carbocycles. The quantitative estimate of drug-likeness (QED) is 0.681. The summed E-state index contributed by atoms with van der Waals surface area (Å²) in [7, 11) is 0. The number of aromatic hydroxyl groups is 1. The standard InChI is InChI=1S/C10H15N3O2/c1-6(5-11)10(15)13-9-8(14)4-3-7(2)12-9/h3-4,6,14H,5,11H2,1-2H3,(H,12,13,15). The third kappa shape index (κ3) is 2.92. The van der Waals surface area contributed by atoms with Crippen molar-refractivity contribution in [1.29, 1.82) is 0 Å². The lowest BCUT2D eigenvalue weighted by molar-refractivity contribution is -0.119. The first kappa shape index (κ1) is 11.5. The van der Waals surface area contributed by atoms with Crippen LogP contribution in [0.2, 0.25) is 0 Å². The van der Waals surface area contributed by atoms with Gasteiger partial charge in [-0.05, 0) is 19.1 Å². The highest BCUT2D eigenvalue weighted by Crippen LogP contribution is 2.20. The van der Waals surface area contributed by atoms with Crippen LogP contribution in [0.15, 0.2) is 12.1 Å². The lowest BCUT2D eigenvalue weighted by Gasteiger charge is -2.10. The number of nitrogens with one attached hydrogen (secondary N) is 1. The number of hydrogen-bond acceptors (Lipinski definition) is 4. The fourth-order valence-electron chi connectivity index (χ4n) is 0.988. The fourth-order valence-corrected chi connectivity index (χ4v) is 0.988. The zero-order valence-electron chi connectivity index (χ0n) is 8.82. The Balaban J connectivity index is 2.80. The average molecular weight is 209 g/mol. The molecule has 5 nitrogen and oxygen atoms in total. The monoisotopic (exact) mass is 209 g/mol. The first-order chi connectivity index (χ1) is 7.04. The second-order valence-corrected chi connectivity index (χ2v) is 3.45. The number of amides is 1. The van der Waals surface area contributed by atoms with Crippen LogP contribution < -0.4 is 11.1 Å². The summed E-state index contributed by atoms with van der Waals surface area (Å²) in [6.07, 6.45) is 0. The van der Waals surface area contributed by atoms with Gasteiger partial charge in [0.25, 0.3) is 0 Å². The zero-order valence-corrected chi connectivity index (χ0v) is 8.82. The van der Waals surface area contributed by atoms with Crippen LogP contribution in [-0.4, -0.2) is 22.5 Å². The Morgan fingerprint density at radius 1 is 1.67 bits per heavy atom. The van der Waals surface area contributed by atoms with Crippen molar-refractivity contribution in [2.75, 3.05) is 11.9 Å². The van der Waals surface area contributed by atoms with Crippen LogP contribution in [0.5, 0.6) is 5.75 Å². The molecule has 0 aliphatic rings. The van der Waals surface area contributed by atoms with Crippen molar-refractivity contribution in [3.63, 3.8) is 0 Å². The number of carbonyl (C=O) groups is 1.